The summed E-state index contributed by atoms with van der Waals surface area (Å²) < 4.78 is 1.92. The normalized spacial score (nSPS) is 10.9. The molecular weight excluding hydrogens is 304 g/mol. The number of para-hydroxylation sites is 1. The summed E-state index contributed by atoms with van der Waals surface area (Å²) in [5, 5.41) is 7.70. The van der Waals surface area contributed by atoms with Crippen molar-refractivity contribution in [1.29, 1.82) is 0 Å². The van der Waals surface area contributed by atoms with Gasteiger partial charge in [0.25, 0.3) is 5.91 Å². The third kappa shape index (κ3) is 3.22. The van der Waals surface area contributed by atoms with Gasteiger partial charge in [-0.1, -0.05) is 12.1 Å². The van der Waals surface area contributed by atoms with Gasteiger partial charge >= 0.3 is 0 Å². The van der Waals surface area contributed by atoms with E-state index in [-0.39, 0.29) is 16.9 Å². The number of carbonyl (C=O) groups is 1. The number of benzene rings is 1. The number of rotatable bonds is 5. The molecule has 0 radical (unpaired) electrons. The number of hydrogen-bond acceptors (Lipinski definition) is 3. The molecule has 0 bridgehead atoms. The fourth-order valence-corrected chi connectivity index (χ4v) is 2.76. The Morgan fingerprint density at radius 3 is 2.83 bits per heavy atom. The zero-order chi connectivity index (χ0) is 17.1. The summed E-state index contributed by atoms with van der Waals surface area (Å²) in [6, 6.07) is 9.18. The van der Waals surface area contributed by atoms with Crippen molar-refractivity contribution < 1.29 is 4.79 Å². The fourth-order valence-electron chi connectivity index (χ4n) is 2.76. The molecule has 6 heteroatoms. The first kappa shape index (κ1) is 16.0. The highest BCUT2D eigenvalue weighted by molar-refractivity contribution is 5.97. The molecule has 1 aromatic carbocycles. The molecule has 24 heavy (non-hydrogen) atoms. The van der Waals surface area contributed by atoms with Gasteiger partial charge in [0.2, 0.25) is 5.43 Å². The van der Waals surface area contributed by atoms with E-state index in [4.69, 9.17) is 0 Å². The lowest BCUT2D eigenvalue weighted by Gasteiger charge is -2.07. The van der Waals surface area contributed by atoms with E-state index in [1.807, 2.05) is 36.7 Å². The largest absolute Gasteiger partial charge is 0.360 e. The van der Waals surface area contributed by atoms with Crippen LogP contribution >= 0.6 is 0 Å². The van der Waals surface area contributed by atoms with Crippen LogP contribution < -0.4 is 10.7 Å². The lowest BCUT2D eigenvalue weighted by atomic mass is 10.1. The second-order valence-corrected chi connectivity index (χ2v) is 5.84. The Hall–Kier alpha value is -2.89. The SMILES string of the molecule is Cc1cc(C)n(CCCNC(=O)c2c[nH]c3ccccc3c2=O)n1. The molecule has 0 aliphatic carbocycles. The Bertz CT molecular complexity index is 940. The molecule has 3 rings (SSSR count). The number of H-pyrrole nitrogens is 1. The molecule has 0 saturated heterocycles. The second kappa shape index (κ2) is 6.70. The lowest BCUT2D eigenvalue weighted by molar-refractivity contribution is 0.0951. The smallest absolute Gasteiger partial charge is 0.256 e. The molecule has 0 aliphatic heterocycles. The molecule has 0 spiro atoms. The molecule has 0 atom stereocenters. The first-order valence-electron chi connectivity index (χ1n) is 7.96. The van der Waals surface area contributed by atoms with Gasteiger partial charge in [-0.05, 0) is 38.5 Å². The van der Waals surface area contributed by atoms with Gasteiger partial charge in [0, 0.05) is 35.9 Å². The van der Waals surface area contributed by atoms with Crippen LogP contribution in [0.1, 0.15) is 28.2 Å². The van der Waals surface area contributed by atoms with E-state index in [1.54, 1.807) is 12.1 Å². The van der Waals surface area contributed by atoms with E-state index >= 15 is 0 Å². The Balaban J connectivity index is 1.62. The van der Waals surface area contributed by atoms with Crippen molar-refractivity contribution in [3.63, 3.8) is 0 Å². The molecule has 1 amide bonds. The van der Waals surface area contributed by atoms with Crippen LogP contribution in [0.25, 0.3) is 10.9 Å². The number of nitrogens with zero attached hydrogens (tertiary/aromatic N) is 2. The standard InChI is InChI=1S/C18H20N4O2/c1-12-10-13(2)22(21-12)9-5-8-19-18(24)15-11-20-16-7-4-3-6-14(16)17(15)23/h3-4,6-7,10-11H,5,8-9H2,1-2H3,(H,19,24)(H,20,23). The van der Waals surface area contributed by atoms with Gasteiger partial charge in [0.15, 0.2) is 0 Å². The summed E-state index contributed by atoms with van der Waals surface area (Å²) in [4.78, 5) is 27.6. The summed E-state index contributed by atoms with van der Waals surface area (Å²) in [7, 11) is 0. The summed E-state index contributed by atoms with van der Waals surface area (Å²) in [6.45, 7) is 5.18. The summed E-state index contributed by atoms with van der Waals surface area (Å²) in [6.07, 6.45) is 2.22. The number of pyridine rings is 1. The first-order chi connectivity index (χ1) is 11.6. The van der Waals surface area contributed by atoms with Gasteiger partial charge in [-0.3, -0.25) is 14.3 Å². The van der Waals surface area contributed by atoms with Gasteiger partial charge < -0.3 is 10.3 Å². The van der Waals surface area contributed by atoms with Gasteiger partial charge in [0.05, 0.1) is 5.69 Å². The number of aromatic nitrogens is 3. The van der Waals surface area contributed by atoms with Crippen LogP contribution in [-0.2, 0) is 6.54 Å². The monoisotopic (exact) mass is 324 g/mol. The maximum Gasteiger partial charge on any atom is 0.256 e. The number of aryl methyl sites for hydroxylation is 3. The molecule has 0 unspecified atom stereocenters. The number of hydrogen-bond donors (Lipinski definition) is 2. The highest BCUT2D eigenvalue weighted by Crippen LogP contribution is 2.07. The van der Waals surface area contributed by atoms with Crippen LogP contribution in [0.15, 0.2) is 41.3 Å². The van der Waals surface area contributed by atoms with Crippen molar-refractivity contribution in [2.45, 2.75) is 26.8 Å². The summed E-state index contributed by atoms with van der Waals surface area (Å²) in [5.74, 6) is -0.352. The first-order valence-corrected chi connectivity index (χ1v) is 7.96. The summed E-state index contributed by atoms with van der Waals surface area (Å²) in [5.41, 5.74) is 2.70. The zero-order valence-electron chi connectivity index (χ0n) is 13.8. The quantitative estimate of drug-likeness (QED) is 0.706. The summed E-state index contributed by atoms with van der Waals surface area (Å²) >= 11 is 0. The minimum absolute atomic E-state index is 0.139. The minimum Gasteiger partial charge on any atom is -0.360 e. The average Bonchev–Trinajstić information content (AvgIpc) is 2.89. The third-order valence-corrected chi connectivity index (χ3v) is 3.97. The molecular formula is C18H20N4O2. The van der Waals surface area contributed by atoms with Crippen LogP contribution in [0.5, 0.6) is 0 Å². The van der Waals surface area contributed by atoms with Crippen LogP contribution in [0.4, 0.5) is 0 Å². The van der Waals surface area contributed by atoms with Crippen molar-refractivity contribution in [2.75, 3.05) is 6.54 Å². The second-order valence-electron chi connectivity index (χ2n) is 5.84. The Labute approximate surface area is 139 Å². The van der Waals surface area contributed by atoms with Gasteiger partial charge in [0.1, 0.15) is 5.56 Å². The van der Waals surface area contributed by atoms with Crippen LogP contribution in [0.3, 0.4) is 0 Å². The van der Waals surface area contributed by atoms with E-state index in [2.05, 4.69) is 15.4 Å². The van der Waals surface area contributed by atoms with E-state index in [0.717, 1.165) is 29.9 Å². The third-order valence-electron chi connectivity index (χ3n) is 3.97. The van der Waals surface area contributed by atoms with E-state index in [9.17, 15) is 9.59 Å². The fraction of sp³-hybridized carbons (Fsp3) is 0.278. The van der Waals surface area contributed by atoms with Crippen LogP contribution in [-0.4, -0.2) is 27.2 Å². The van der Waals surface area contributed by atoms with Crippen molar-refractivity contribution in [1.82, 2.24) is 20.1 Å². The predicted molar refractivity (Wildman–Crippen MR) is 93.2 cm³/mol. The lowest BCUT2D eigenvalue weighted by Crippen LogP contribution is -2.30. The molecule has 2 aromatic heterocycles. The molecule has 0 fully saturated rings. The topological polar surface area (TPSA) is 79.8 Å². The highest BCUT2D eigenvalue weighted by Gasteiger charge is 2.12. The molecule has 2 N–H and O–H groups in total. The number of aromatic amines is 1. The number of amides is 1. The van der Waals surface area contributed by atoms with E-state index in [0.29, 0.717) is 11.9 Å². The Morgan fingerprint density at radius 2 is 2.08 bits per heavy atom. The van der Waals surface area contributed by atoms with Gasteiger partial charge in [-0.15, -0.1) is 0 Å². The zero-order valence-corrected chi connectivity index (χ0v) is 13.8. The van der Waals surface area contributed by atoms with Gasteiger partial charge in [-0.25, -0.2) is 0 Å². The Kier molecular flexibility index (Phi) is 4.46. The number of fused-ring (bicyclic) bond motifs is 1. The predicted octanol–water partition coefficient (Wildman–Crippen LogP) is 2.16. The van der Waals surface area contributed by atoms with Crippen LogP contribution in [0, 0.1) is 13.8 Å². The van der Waals surface area contributed by atoms with Crippen molar-refractivity contribution in [2.24, 2.45) is 0 Å². The molecule has 6 nitrogen and oxygen atoms in total. The van der Waals surface area contributed by atoms with Crippen molar-refractivity contribution >= 4 is 16.8 Å². The number of nitrogens with one attached hydrogen (secondary N) is 2. The highest BCUT2D eigenvalue weighted by atomic mass is 16.2. The number of carbonyl (C=O) groups excluding carboxylic acids is 1. The average molecular weight is 324 g/mol. The molecule has 2 heterocycles. The van der Waals surface area contributed by atoms with Crippen molar-refractivity contribution in [3.8, 4) is 0 Å². The molecule has 124 valence electrons. The molecule has 0 aliphatic rings. The molecule has 3 aromatic rings. The maximum absolute atomic E-state index is 12.4. The Morgan fingerprint density at radius 1 is 1.29 bits per heavy atom. The minimum atomic E-state index is -0.352. The van der Waals surface area contributed by atoms with E-state index < -0.39 is 0 Å². The van der Waals surface area contributed by atoms with Crippen molar-refractivity contribution in [3.05, 3.63) is 63.7 Å². The van der Waals surface area contributed by atoms with Gasteiger partial charge in [-0.2, -0.15) is 5.10 Å². The molecule has 0 saturated carbocycles. The van der Waals surface area contributed by atoms with Crippen LogP contribution in [0.2, 0.25) is 0 Å². The van der Waals surface area contributed by atoms with E-state index in [1.165, 1.54) is 6.20 Å². The maximum atomic E-state index is 12.4.